The van der Waals surface area contributed by atoms with E-state index in [4.69, 9.17) is 0 Å². The number of amides is 1. The van der Waals surface area contributed by atoms with Crippen LogP contribution in [0.2, 0.25) is 0 Å². The van der Waals surface area contributed by atoms with Crippen molar-refractivity contribution in [3.05, 3.63) is 34.3 Å². The Labute approximate surface area is 141 Å². The molecule has 0 bridgehead atoms. The quantitative estimate of drug-likeness (QED) is 0.393. The third kappa shape index (κ3) is 6.93. The number of nitrogens with zero attached hydrogens (tertiary/aromatic N) is 1. The number of nitrogens with one attached hydrogen (secondary N) is 3. The topological polar surface area (TPSA) is 65.5 Å². The summed E-state index contributed by atoms with van der Waals surface area (Å²) in [6.45, 7) is 8.12. The lowest BCUT2D eigenvalue weighted by Crippen LogP contribution is -2.42. The average Bonchev–Trinajstić information content (AvgIpc) is 2.51. The van der Waals surface area contributed by atoms with Crippen molar-refractivity contribution in [1.29, 1.82) is 0 Å². The molecular formula is C16H25BrN4O. The maximum atomic E-state index is 12.0. The smallest absolute Gasteiger partial charge is 0.251 e. The Bertz CT molecular complexity index is 505. The van der Waals surface area contributed by atoms with Crippen molar-refractivity contribution < 1.29 is 4.79 Å². The van der Waals surface area contributed by atoms with Crippen LogP contribution >= 0.6 is 15.9 Å². The third-order valence-corrected chi connectivity index (χ3v) is 3.59. The minimum atomic E-state index is -0.0867. The first kappa shape index (κ1) is 18.5. The van der Waals surface area contributed by atoms with Gasteiger partial charge in [0.25, 0.3) is 5.91 Å². The number of hydrogen-bond acceptors (Lipinski definition) is 2. The molecule has 3 N–H and O–H groups in total. The molecule has 0 saturated carbocycles. The Balaban J connectivity index is 2.44. The fourth-order valence-corrected chi connectivity index (χ4v) is 2.12. The van der Waals surface area contributed by atoms with Gasteiger partial charge in [-0.05, 0) is 38.5 Å². The van der Waals surface area contributed by atoms with Gasteiger partial charge in [0.2, 0.25) is 0 Å². The maximum Gasteiger partial charge on any atom is 0.251 e. The van der Waals surface area contributed by atoms with E-state index in [0.717, 1.165) is 23.4 Å². The average molecular weight is 369 g/mol. The van der Waals surface area contributed by atoms with Gasteiger partial charge in [0.1, 0.15) is 0 Å². The molecule has 0 fully saturated rings. The van der Waals surface area contributed by atoms with Gasteiger partial charge in [0.15, 0.2) is 5.96 Å². The highest BCUT2D eigenvalue weighted by atomic mass is 79.9. The third-order valence-electron chi connectivity index (χ3n) is 3.09. The Kier molecular flexibility index (Phi) is 8.58. The van der Waals surface area contributed by atoms with Gasteiger partial charge in [-0.15, -0.1) is 0 Å². The molecule has 0 aliphatic carbocycles. The van der Waals surface area contributed by atoms with Crippen LogP contribution < -0.4 is 16.0 Å². The summed E-state index contributed by atoms with van der Waals surface area (Å²) in [4.78, 5) is 16.4. The minimum Gasteiger partial charge on any atom is -0.357 e. The number of rotatable bonds is 7. The van der Waals surface area contributed by atoms with Crippen LogP contribution in [0.1, 0.15) is 37.6 Å². The Morgan fingerprint density at radius 1 is 1.32 bits per heavy atom. The highest BCUT2D eigenvalue weighted by Crippen LogP contribution is 2.11. The molecule has 6 heteroatoms. The van der Waals surface area contributed by atoms with Gasteiger partial charge in [0, 0.05) is 29.2 Å². The molecule has 1 amide bonds. The number of guanidine groups is 1. The standard InChI is InChI=1S/C16H25BrN4O/c1-4-12(3)21-16(18-5-2)20-10-9-19-15(22)13-7-6-8-14(17)11-13/h6-8,11-12H,4-5,9-10H2,1-3H3,(H,19,22)(H2,18,20,21). The molecule has 1 unspecified atom stereocenters. The van der Waals surface area contributed by atoms with Gasteiger partial charge < -0.3 is 16.0 Å². The summed E-state index contributed by atoms with van der Waals surface area (Å²) in [5.74, 6) is 0.699. The maximum absolute atomic E-state index is 12.0. The zero-order valence-corrected chi connectivity index (χ0v) is 15.0. The van der Waals surface area contributed by atoms with Crippen LogP contribution in [0.15, 0.2) is 33.7 Å². The predicted molar refractivity (Wildman–Crippen MR) is 95.3 cm³/mol. The molecule has 5 nitrogen and oxygen atoms in total. The number of benzene rings is 1. The highest BCUT2D eigenvalue weighted by molar-refractivity contribution is 9.10. The molecule has 0 aliphatic heterocycles. The number of halogens is 1. The number of carbonyl (C=O) groups excluding carboxylic acids is 1. The predicted octanol–water partition coefficient (Wildman–Crippen LogP) is 2.53. The van der Waals surface area contributed by atoms with E-state index in [0.29, 0.717) is 24.7 Å². The summed E-state index contributed by atoms with van der Waals surface area (Å²) in [6, 6.07) is 7.69. The molecular weight excluding hydrogens is 344 g/mol. The first-order chi connectivity index (χ1) is 10.6. The summed E-state index contributed by atoms with van der Waals surface area (Å²) < 4.78 is 0.894. The van der Waals surface area contributed by atoms with Crippen molar-refractivity contribution in [1.82, 2.24) is 16.0 Å². The fourth-order valence-electron chi connectivity index (χ4n) is 1.72. The lowest BCUT2D eigenvalue weighted by molar-refractivity contribution is 0.0954. The molecule has 0 spiro atoms. The molecule has 1 aromatic carbocycles. The van der Waals surface area contributed by atoms with Crippen LogP contribution in [-0.4, -0.2) is 37.5 Å². The summed E-state index contributed by atoms with van der Waals surface area (Å²) >= 11 is 3.36. The molecule has 0 aliphatic rings. The van der Waals surface area contributed by atoms with Crippen molar-refractivity contribution in [3.8, 4) is 0 Å². The number of aliphatic imine (C=N–C) groups is 1. The van der Waals surface area contributed by atoms with Crippen molar-refractivity contribution in [2.75, 3.05) is 19.6 Å². The first-order valence-electron chi connectivity index (χ1n) is 7.65. The van der Waals surface area contributed by atoms with Crippen molar-refractivity contribution >= 4 is 27.8 Å². The normalized spacial score (nSPS) is 12.6. The zero-order valence-electron chi connectivity index (χ0n) is 13.4. The van der Waals surface area contributed by atoms with E-state index < -0.39 is 0 Å². The largest absolute Gasteiger partial charge is 0.357 e. The summed E-state index contributed by atoms with van der Waals surface area (Å²) in [7, 11) is 0. The van der Waals surface area contributed by atoms with Crippen LogP contribution in [0.3, 0.4) is 0 Å². The second-order valence-corrected chi connectivity index (χ2v) is 5.90. The molecule has 0 heterocycles. The minimum absolute atomic E-state index is 0.0867. The lowest BCUT2D eigenvalue weighted by atomic mass is 10.2. The Hall–Kier alpha value is -1.56. The van der Waals surface area contributed by atoms with Gasteiger partial charge >= 0.3 is 0 Å². The summed E-state index contributed by atoms with van der Waals surface area (Å²) in [6.07, 6.45) is 1.03. The number of hydrogen-bond donors (Lipinski definition) is 3. The fraction of sp³-hybridized carbons (Fsp3) is 0.500. The first-order valence-corrected chi connectivity index (χ1v) is 8.44. The van der Waals surface area contributed by atoms with Crippen LogP contribution in [0, 0.1) is 0 Å². The number of carbonyl (C=O) groups is 1. The van der Waals surface area contributed by atoms with Crippen molar-refractivity contribution in [2.24, 2.45) is 4.99 Å². The van der Waals surface area contributed by atoms with E-state index in [-0.39, 0.29) is 5.91 Å². The second kappa shape index (κ2) is 10.2. The summed E-state index contributed by atoms with van der Waals surface area (Å²) in [5.41, 5.74) is 0.642. The molecule has 22 heavy (non-hydrogen) atoms. The molecule has 1 aromatic rings. The molecule has 1 rings (SSSR count). The van der Waals surface area contributed by atoms with E-state index in [1.54, 1.807) is 12.1 Å². The van der Waals surface area contributed by atoms with Crippen molar-refractivity contribution in [3.63, 3.8) is 0 Å². The molecule has 1 atom stereocenters. The van der Waals surface area contributed by atoms with E-state index in [1.165, 1.54) is 0 Å². The van der Waals surface area contributed by atoms with E-state index in [2.05, 4.69) is 50.7 Å². The second-order valence-electron chi connectivity index (χ2n) is 4.98. The van der Waals surface area contributed by atoms with E-state index in [9.17, 15) is 4.79 Å². The van der Waals surface area contributed by atoms with Gasteiger partial charge in [-0.2, -0.15) is 0 Å². The van der Waals surface area contributed by atoms with Gasteiger partial charge in [0.05, 0.1) is 6.54 Å². The SMILES string of the molecule is CCNC(=NCCNC(=O)c1cccc(Br)c1)NC(C)CC. The van der Waals surface area contributed by atoms with E-state index >= 15 is 0 Å². The van der Waals surface area contributed by atoms with Crippen LogP contribution in [0.4, 0.5) is 0 Å². The van der Waals surface area contributed by atoms with Crippen LogP contribution in [-0.2, 0) is 0 Å². The van der Waals surface area contributed by atoms with Gasteiger partial charge in [-0.1, -0.05) is 28.9 Å². The molecule has 0 radical (unpaired) electrons. The molecule has 0 saturated heterocycles. The molecule has 122 valence electrons. The van der Waals surface area contributed by atoms with E-state index in [1.807, 2.05) is 19.1 Å². The zero-order chi connectivity index (χ0) is 16.4. The monoisotopic (exact) mass is 368 g/mol. The summed E-state index contributed by atoms with van der Waals surface area (Å²) in [5, 5.41) is 9.38. The van der Waals surface area contributed by atoms with Crippen molar-refractivity contribution in [2.45, 2.75) is 33.2 Å². The Morgan fingerprint density at radius 3 is 2.73 bits per heavy atom. The Morgan fingerprint density at radius 2 is 2.09 bits per heavy atom. The van der Waals surface area contributed by atoms with Gasteiger partial charge in [-0.3, -0.25) is 9.79 Å². The lowest BCUT2D eigenvalue weighted by Gasteiger charge is -2.16. The van der Waals surface area contributed by atoms with Crippen LogP contribution in [0.5, 0.6) is 0 Å². The molecule has 0 aromatic heterocycles. The van der Waals surface area contributed by atoms with Gasteiger partial charge in [-0.25, -0.2) is 0 Å². The highest BCUT2D eigenvalue weighted by Gasteiger charge is 2.05. The van der Waals surface area contributed by atoms with Crippen LogP contribution in [0.25, 0.3) is 0 Å².